The Morgan fingerprint density at radius 3 is 2.47 bits per heavy atom. The second kappa shape index (κ2) is 5.99. The normalized spacial score (nSPS) is 12.7. The molecule has 0 radical (unpaired) electrons. The maximum atomic E-state index is 14.2. The van der Waals surface area contributed by atoms with Gasteiger partial charge in [0.15, 0.2) is 0 Å². The lowest BCUT2D eigenvalue weighted by Crippen LogP contribution is -2.19. The highest BCUT2D eigenvalue weighted by atomic mass is 79.9. The molecule has 1 nitrogen and oxygen atoms in total. The highest BCUT2D eigenvalue weighted by Crippen LogP contribution is 2.37. The zero-order valence-electron chi connectivity index (χ0n) is 10.2. The fourth-order valence-corrected chi connectivity index (χ4v) is 3.90. The Labute approximate surface area is 131 Å². The molecule has 19 heavy (non-hydrogen) atoms. The molecule has 1 N–H and O–H groups in total. The molecule has 0 saturated heterocycles. The van der Waals surface area contributed by atoms with Crippen LogP contribution < -0.4 is 5.32 Å². The van der Waals surface area contributed by atoms with Crippen LogP contribution in [0.2, 0.25) is 0 Å². The summed E-state index contributed by atoms with van der Waals surface area (Å²) in [5.74, 6) is -1.12. The number of rotatable bonds is 3. The summed E-state index contributed by atoms with van der Waals surface area (Å²) in [4.78, 5) is 0.864. The van der Waals surface area contributed by atoms with Gasteiger partial charge in [-0.25, -0.2) is 8.78 Å². The van der Waals surface area contributed by atoms with E-state index in [1.165, 1.54) is 23.5 Å². The molecule has 6 heteroatoms. The van der Waals surface area contributed by atoms with Crippen LogP contribution in [0.3, 0.4) is 0 Å². The minimum atomic E-state index is -0.568. The molecule has 0 fully saturated rings. The molecule has 1 aromatic carbocycles. The molecule has 2 aromatic rings. The summed E-state index contributed by atoms with van der Waals surface area (Å²) in [7, 11) is 1.69. The molecule has 0 aliphatic carbocycles. The van der Waals surface area contributed by atoms with E-state index in [-0.39, 0.29) is 10.0 Å². The molecule has 1 atom stereocenters. The topological polar surface area (TPSA) is 12.0 Å². The second-order valence-corrected chi connectivity index (χ2v) is 7.34. The third-order valence-corrected chi connectivity index (χ3v) is 5.63. The van der Waals surface area contributed by atoms with Crippen LogP contribution in [0, 0.1) is 18.6 Å². The van der Waals surface area contributed by atoms with E-state index in [2.05, 4.69) is 37.2 Å². The first-order valence-corrected chi connectivity index (χ1v) is 7.92. The van der Waals surface area contributed by atoms with Crippen molar-refractivity contribution in [1.82, 2.24) is 5.32 Å². The third-order valence-electron chi connectivity index (χ3n) is 2.82. The SMILES string of the molecule is CNC(c1cc(C)c(Br)s1)c1c(F)ccc(Br)c1F. The minimum absolute atomic E-state index is 0.0330. The van der Waals surface area contributed by atoms with Gasteiger partial charge in [0.05, 0.1) is 14.3 Å². The molecule has 0 bridgehead atoms. The van der Waals surface area contributed by atoms with Gasteiger partial charge < -0.3 is 5.32 Å². The lowest BCUT2D eigenvalue weighted by molar-refractivity contribution is 0.521. The van der Waals surface area contributed by atoms with E-state index in [9.17, 15) is 8.78 Å². The lowest BCUT2D eigenvalue weighted by atomic mass is 10.0. The average Bonchev–Trinajstić information content (AvgIpc) is 2.70. The number of hydrogen-bond acceptors (Lipinski definition) is 2. The Kier molecular flexibility index (Phi) is 4.76. The number of hydrogen-bond donors (Lipinski definition) is 1. The van der Waals surface area contributed by atoms with Crippen molar-refractivity contribution in [2.24, 2.45) is 0 Å². The Hall–Kier alpha value is -0.300. The first-order chi connectivity index (χ1) is 8.95. The molecular formula is C13H11Br2F2NS. The number of aryl methyl sites for hydroxylation is 1. The van der Waals surface area contributed by atoms with Gasteiger partial charge in [-0.2, -0.15) is 0 Å². The predicted octanol–water partition coefficient (Wildman–Crippen LogP) is 5.17. The molecule has 0 spiro atoms. The van der Waals surface area contributed by atoms with Crippen molar-refractivity contribution in [1.29, 1.82) is 0 Å². The molecule has 102 valence electrons. The number of halogens is 4. The van der Waals surface area contributed by atoms with Gasteiger partial charge >= 0.3 is 0 Å². The Balaban J connectivity index is 2.57. The van der Waals surface area contributed by atoms with E-state index < -0.39 is 17.7 Å². The Bertz CT molecular complexity index is 593. The van der Waals surface area contributed by atoms with Crippen molar-refractivity contribution in [3.05, 3.63) is 54.1 Å². The first-order valence-electron chi connectivity index (χ1n) is 5.52. The van der Waals surface area contributed by atoms with Crippen LogP contribution in [0.4, 0.5) is 8.78 Å². The van der Waals surface area contributed by atoms with Gasteiger partial charge in [-0.3, -0.25) is 0 Å². The predicted molar refractivity (Wildman–Crippen MR) is 81.7 cm³/mol. The number of nitrogens with one attached hydrogen (secondary N) is 1. The van der Waals surface area contributed by atoms with Crippen LogP contribution in [0.25, 0.3) is 0 Å². The van der Waals surface area contributed by atoms with Gasteiger partial charge in [-0.1, -0.05) is 0 Å². The van der Waals surface area contributed by atoms with Gasteiger partial charge in [0.1, 0.15) is 11.6 Å². The summed E-state index contributed by atoms with van der Waals surface area (Å²) in [5.41, 5.74) is 1.08. The fraction of sp³-hybridized carbons (Fsp3) is 0.231. The molecule has 1 heterocycles. The van der Waals surface area contributed by atoms with E-state index >= 15 is 0 Å². The largest absolute Gasteiger partial charge is 0.308 e. The van der Waals surface area contributed by atoms with Crippen molar-refractivity contribution < 1.29 is 8.78 Å². The zero-order chi connectivity index (χ0) is 14.2. The lowest BCUT2D eigenvalue weighted by Gasteiger charge is -2.17. The summed E-state index contributed by atoms with van der Waals surface area (Å²) < 4.78 is 29.3. The molecule has 0 aliphatic rings. The summed E-state index contributed by atoms with van der Waals surface area (Å²) in [5, 5.41) is 2.97. The van der Waals surface area contributed by atoms with Crippen LogP contribution in [-0.2, 0) is 0 Å². The summed E-state index contributed by atoms with van der Waals surface area (Å²) in [6.07, 6.45) is 0. The molecule has 0 saturated carbocycles. The zero-order valence-corrected chi connectivity index (χ0v) is 14.2. The molecule has 2 rings (SSSR count). The smallest absolute Gasteiger partial charge is 0.145 e. The van der Waals surface area contributed by atoms with Gasteiger partial charge in [-0.15, -0.1) is 11.3 Å². The van der Waals surface area contributed by atoms with Crippen LogP contribution in [0.15, 0.2) is 26.5 Å². The molecule has 1 aromatic heterocycles. The maximum absolute atomic E-state index is 14.2. The quantitative estimate of drug-likeness (QED) is 0.688. The van der Waals surface area contributed by atoms with Gasteiger partial charge in [-0.05, 0) is 69.6 Å². The fourth-order valence-electron chi connectivity index (χ4n) is 1.86. The van der Waals surface area contributed by atoms with E-state index in [0.29, 0.717) is 0 Å². The molecule has 0 amide bonds. The van der Waals surface area contributed by atoms with E-state index in [1.54, 1.807) is 7.05 Å². The maximum Gasteiger partial charge on any atom is 0.145 e. The molecular weight excluding hydrogens is 400 g/mol. The minimum Gasteiger partial charge on any atom is -0.308 e. The number of thiophene rings is 1. The average molecular weight is 411 g/mol. The van der Waals surface area contributed by atoms with Crippen LogP contribution in [-0.4, -0.2) is 7.05 Å². The second-order valence-electron chi connectivity index (χ2n) is 4.08. The van der Waals surface area contributed by atoms with Gasteiger partial charge in [0.25, 0.3) is 0 Å². The third kappa shape index (κ3) is 2.91. The van der Waals surface area contributed by atoms with Crippen LogP contribution >= 0.6 is 43.2 Å². The van der Waals surface area contributed by atoms with Crippen molar-refractivity contribution in [2.45, 2.75) is 13.0 Å². The van der Waals surface area contributed by atoms with Gasteiger partial charge in [0.2, 0.25) is 0 Å². The van der Waals surface area contributed by atoms with E-state index in [4.69, 9.17) is 0 Å². The Morgan fingerprint density at radius 2 is 1.95 bits per heavy atom. The van der Waals surface area contributed by atoms with E-state index in [1.807, 2.05) is 13.0 Å². The Morgan fingerprint density at radius 1 is 1.26 bits per heavy atom. The summed E-state index contributed by atoms with van der Waals surface area (Å²) in [6.45, 7) is 1.95. The summed E-state index contributed by atoms with van der Waals surface area (Å²) in [6, 6.07) is 4.06. The summed E-state index contributed by atoms with van der Waals surface area (Å²) >= 11 is 8.00. The van der Waals surface area contributed by atoms with Crippen molar-refractivity contribution in [3.63, 3.8) is 0 Å². The van der Waals surface area contributed by atoms with Crippen LogP contribution in [0.5, 0.6) is 0 Å². The van der Waals surface area contributed by atoms with Crippen molar-refractivity contribution >= 4 is 43.2 Å². The number of benzene rings is 1. The van der Waals surface area contributed by atoms with Crippen molar-refractivity contribution in [3.8, 4) is 0 Å². The van der Waals surface area contributed by atoms with Crippen LogP contribution in [0.1, 0.15) is 22.0 Å². The molecule has 0 aliphatic heterocycles. The first kappa shape index (κ1) is 15.1. The highest BCUT2D eigenvalue weighted by molar-refractivity contribution is 9.11. The highest BCUT2D eigenvalue weighted by Gasteiger charge is 2.24. The van der Waals surface area contributed by atoms with Gasteiger partial charge in [0, 0.05) is 10.4 Å². The monoisotopic (exact) mass is 409 g/mol. The standard InChI is InChI=1S/C13H11Br2F2NS/c1-6-5-9(19-13(6)15)12(18-2)10-8(16)4-3-7(14)11(10)17/h3-5,12,18H,1-2H3. The van der Waals surface area contributed by atoms with Crippen molar-refractivity contribution in [2.75, 3.05) is 7.05 Å². The molecule has 1 unspecified atom stereocenters. The van der Waals surface area contributed by atoms with E-state index in [0.717, 1.165) is 14.2 Å².